The van der Waals surface area contributed by atoms with E-state index in [0.29, 0.717) is 23.2 Å². The predicted octanol–water partition coefficient (Wildman–Crippen LogP) is 2.75. The number of furan rings is 1. The van der Waals surface area contributed by atoms with Crippen LogP contribution in [-0.2, 0) is 12.8 Å². The first-order valence-corrected chi connectivity index (χ1v) is 7.39. The van der Waals surface area contributed by atoms with Crippen LogP contribution in [0.25, 0.3) is 17.2 Å². The quantitative estimate of drug-likeness (QED) is 0.627. The predicted molar refractivity (Wildman–Crippen MR) is 86.7 cm³/mol. The van der Waals surface area contributed by atoms with Gasteiger partial charge >= 0.3 is 0 Å². The lowest BCUT2D eigenvalue weighted by molar-refractivity contribution is 0.577. The Kier molecular flexibility index (Phi) is 3.27. The van der Waals surface area contributed by atoms with Crippen LogP contribution in [0.15, 0.2) is 59.2 Å². The van der Waals surface area contributed by atoms with Gasteiger partial charge in [-0.25, -0.2) is 4.98 Å². The van der Waals surface area contributed by atoms with Crippen molar-refractivity contribution in [2.75, 3.05) is 5.73 Å². The van der Waals surface area contributed by atoms with Gasteiger partial charge in [-0.2, -0.15) is 14.6 Å². The van der Waals surface area contributed by atoms with Crippen LogP contribution in [0, 0.1) is 0 Å². The number of nitrogens with two attached hydrogens (primary N) is 1. The highest BCUT2D eigenvalue weighted by atomic mass is 16.3. The van der Waals surface area contributed by atoms with Gasteiger partial charge in [0.1, 0.15) is 0 Å². The molecule has 23 heavy (non-hydrogen) atoms. The molecule has 114 valence electrons. The smallest absolute Gasteiger partial charge is 0.225 e. The van der Waals surface area contributed by atoms with E-state index < -0.39 is 0 Å². The second kappa shape index (κ2) is 5.57. The Morgan fingerprint density at radius 2 is 1.87 bits per heavy atom. The lowest BCUT2D eigenvalue weighted by atomic mass is 10.1. The molecule has 0 unspecified atom stereocenters. The molecule has 2 N–H and O–H groups in total. The molecule has 4 aromatic rings. The number of hydrogen-bond donors (Lipinski definition) is 1. The molecule has 6 heteroatoms. The fourth-order valence-corrected chi connectivity index (χ4v) is 2.51. The molecule has 0 aliphatic rings. The molecule has 0 fully saturated rings. The van der Waals surface area contributed by atoms with Crippen LogP contribution in [0.2, 0.25) is 0 Å². The van der Waals surface area contributed by atoms with Gasteiger partial charge in [-0.1, -0.05) is 30.3 Å². The van der Waals surface area contributed by atoms with Gasteiger partial charge in [0.05, 0.1) is 12.0 Å². The maximum Gasteiger partial charge on any atom is 0.225 e. The molecule has 0 amide bonds. The standard InChI is InChI=1S/C17H15N5O/c18-17-20-16(14-7-4-10-23-14)19-15-11-13(21-22(15)17)9-8-12-5-2-1-3-6-12/h1-7,10-11H,8-9H2,(H2,18,19,20). The molecule has 6 nitrogen and oxygen atoms in total. The van der Waals surface area contributed by atoms with Gasteiger partial charge in [0.25, 0.3) is 0 Å². The van der Waals surface area contributed by atoms with Gasteiger partial charge in [-0.05, 0) is 30.5 Å². The lowest BCUT2D eigenvalue weighted by Gasteiger charge is -2.00. The molecule has 4 rings (SSSR count). The Labute approximate surface area is 132 Å². The van der Waals surface area contributed by atoms with Gasteiger partial charge in [0.15, 0.2) is 11.4 Å². The molecule has 3 heterocycles. The minimum Gasteiger partial charge on any atom is -0.461 e. The zero-order valence-corrected chi connectivity index (χ0v) is 12.4. The number of nitrogens with zero attached hydrogens (tertiary/aromatic N) is 4. The highest BCUT2D eigenvalue weighted by Crippen LogP contribution is 2.18. The van der Waals surface area contributed by atoms with Crippen LogP contribution in [0.5, 0.6) is 0 Å². The van der Waals surface area contributed by atoms with Crippen molar-refractivity contribution < 1.29 is 4.42 Å². The largest absolute Gasteiger partial charge is 0.461 e. The van der Waals surface area contributed by atoms with Crippen molar-refractivity contribution >= 4 is 11.6 Å². The van der Waals surface area contributed by atoms with Crippen LogP contribution in [0.3, 0.4) is 0 Å². The number of aryl methyl sites for hydroxylation is 2. The third-order valence-corrected chi connectivity index (χ3v) is 3.65. The Hall–Kier alpha value is -3.15. The Morgan fingerprint density at radius 1 is 1.00 bits per heavy atom. The highest BCUT2D eigenvalue weighted by molar-refractivity contribution is 5.55. The van der Waals surface area contributed by atoms with E-state index in [2.05, 4.69) is 27.2 Å². The van der Waals surface area contributed by atoms with E-state index in [1.54, 1.807) is 22.9 Å². The summed E-state index contributed by atoms with van der Waals surface area (Å²) in [5, 5.41) is 4.49. The monoisotopic (exact) mass is 305 g/mol. The van der Waals surface area contributed by atoms with Crippen LogP contribution in [0.4, 0.5) is 5.95 Å². The van der Waals surface area contributed by atoms with E-state index in [9.17, 15) is 0 Å². The van der Waals surface area contributed by atoms with E-state index in [0.717, 1.165) is 18.5 Å². The second-order valence-corrected chi connectivity index (χ2v) is 5.27. The molecular formula is C17H15N5O. The van der Waals surface area contributed by atoms with Crippen molar-refractivity contribution in [1.29, 1.82) is 0 Å². The zero-order chi connectivity index (χ0) is 15.6. The number of anilines is 1. The highest BCUT2D eigenvalue weighted by Gasteiger charge is 2.12. The Balaban J connectivity index is 1.64. The third-order valence-electron chi connectivity index (χ3n) is 3.65. The number of rotatable bonds is 4. The summed E-state index contributed by atoms with van der Waals surface area (Å²) in [6.07, 6.45) is 3.33. The summed E-state index contributed by atoms with van der Waals surface area (Å²) in [5.74, 6) is 1.35. The van der Waals surface area contributed by atoms with Crippen LogP contribution in [0.1, 0.15) is 11.3 Å². The maximum atomic E-state index is 5.99. The van der Waals surface area contributed by atoms with Gasteiger partial charge in [0, 0.05) is 6.07 Å². The fourth-order valence-electron chi connectivity index (χ4n) is 2.51. The minimum atomic E-state index is 0.298. The Morgan fingerprint density at radius 3 is 2.65 bits per heavy atom. The molecule has 0 saturated heterocycles. The molecule has 0 aliphatic carbocycles. The molecule has 1 aromatic carbocycles. The minimum absolute atomic E-state index is 0.298. The molecule has 0 atom stereocenters. The molecular weight excluding hydrogens is 290 g/mol. The molecule has 0 radical (unpaired) electrons. The lowest BCUT2D eigenvalue weighted by Crippen LogP contribution is -2.05. The molecule has 3 aromatic heterocycles. The summed E-state index contributed by atoms with van der Waals surface area (Å²) >= 11 is 0. The topological polar surface area (TPSA) is 82.2 Å². The van der Waals surface area contributed by atoms with Crippen molar-refractivity contribution in [2.24, 2.45) is 0 Å². The van der Waals surface area contributed by atoms with Crippen LogP contribution < -0.4 is 5.73 Å². The first-order valence-electron chi connectivity index (χ1n) is 7.39. The van der Waals surface area contributed by atoms with Crippen molar-refractivity contribution in [3.8, 4) is 11.6 Å². The number of aromatic nitrogens is 4. The Bertz CT molecular complexity index is 928. The summed E-state index contributed by atoms with van der Waals surface area (Å²) < 4.78 is 6.89. The second-order valence-electron chi connectivity index (χ2n) is 5.27. The average molecular weight is 305 g/mol. The number of fused-ring (bicyclic) bond motifs is 1. The summed E-state index contributed by atoms with van der Waals surface area (Å²) in [6.45, 7) is 0. The van der Waals surface area contributed by atoms with Gasteiger partial charge in [-0.3, -0.25) is 0 Å². The SMILES string of the molecule is Nc1nc(-c2ccco2)nc2cc(CCc3ccccc3)nn12. The molecule has 0 spiro atoms. The molecule has 0 bridgehead atoms. The molecule has 0 aliphatic heterocycles. The first kappa shape index (κ1) is 13.5. The van der Waals surface area contributed by atoms with Crippen LogP contribution >= 0.6 is 0 Å². The average Bonchev–Trinajstić information content (AvgIpc) is 3.23. The van der Waals surface area contributed by atoms with Gasteiger partial charge < -0.3 is 10.2 Å². The number of nitrogen functional groups attached to an aromatic ring is 1. The van der Waals surface area contributed by atoms with Crippen molar-refractivity contribution in [1.82, 2.24) is 19.6 Å². The van der Waals surface area contributed by atoms with Crippen molar-refractivity contribution in [3.05, 3.63) is 66.1 Å². The summed E-state index contributed by atoms with van der Waals surface area (Å²) in [6, 6.07) is 15.8. The summed E-state index contributed by atoms with van der Waals surface area (Å²) in [7, 11) is 0. The van der Waals surface area contributed by atoms with Crippen LogP contribution in [-0.4, -0.2) is 19.6 Å². The van der Waals surface area contributed by atoms with E-state index in [4.69, 9.17) is 10.2 Å². The van der Waals surface area contributed by atoms with Crippen molar-refractivity contribution in [3.63, 3.8) is 0 Å². The zero-order valence-electron chi connectivity index (χ0n) is 12.4. The number of benzene rings is 1. The maximum absolute atomic E-state index is 5.99. The number of hydrogen-bond acceptors (Lipinski definition) is 5. The first-order chi connectivity index (χ1) is 11.3. The fraction of sp³-hybridized carbons (Fsp3) is 0.118. The van der Waals surface area contributed by atoms with E-state index >= 15 is 0 Å². The van der Waals surface area contributed by atoms with Gasteiger partial charge in [-0.15, -0.1) is 0 Å². The van der Waals surface area contributed by atoms with Crippen molar-refractivity contribution in [2.45, 2.75) is 12.8 Å². The molecule has 0 saturated carbocycles. The van der Waals surface area contributed by atoms with Gasteiger partial charge in [0.2, 0.25) is 11.8 Å². The summed E-state index contributed by atoms with van der Waals surface area (Å²) in [5.41, 5.74) is 8.88. The van der Waals surface area contributed by atoms with E-state index in [-0.39, 0.29) is 0 Å². The summed E-state index contributed by atoms with van der Waals surface area (Å²) in [4.78, 5) is 8.72. The normalized spacial score (nSPS) is 11.1. The van der Waals surface area contributed by atoms with E-state index in [1.165, 1.54) is 5.56 Å². The van der Waals surface area contributed by atoms with E-state index in [1.807, 2.05) is 24.3 Å². The third kappa shape index (κ3) is 2.66.